The van der Waals surface area contributed by atoms with Gasteiger partial charge < -0.3 is 5.11 Å². The van der Waals surface area contributed by atoms with Crippen LogP contribution in [-0.2, 0) is 13.5 Å². The first-order chi connectivity index (χ1) is 6.75. The molecule has 1 fully saturated rings. The van der Waals surface area contributed by atoms with Gasteiger partial charge in [-0.2, -0.15) is 5.10 Å². The zero-order chi connectivity index (χ0) is 9.97. The summed E-state index contributed by atoms with van der Waals surface area (Å²) in [5.74, 6) is 0.576. The lowest BCUT2D eigenvalue weighted by atomic mass is 9.79. The van der Waals surface area contributed by atoms with Crippen LogP contribution in [0.25, 0.3) is 0 Å². The third-order valence-electron chi connectivity index (χ3n) is 3.18. The summed E-state index contributed by atoms with van der Waals surface area (Å²) in [6.45, 7) is 0. The van der Waals surface area contributed by atoms with Crippen molar-refractivity contribution in [3.05, 3.63) is 18.0 Å². The number of aliphatic hydroxyl groups is 1. The summed E-state index contributed by atoms with van der Waals surface area (Å²) in [5.41, 5.74) is 1.23. The van der Waals surface area contributed by atoms with Gasteiger partial charge in [0.05, 0.1) is 12.3 Å². The molecule has 1 atom stereocenters. The first-order valence-corrected chi connectivity index (χ1v) is 5.41. The van der Waals surface area contributed by atoms with Gasteiger partial charge in [0, 0.05) is 13.2 Å². The van der Waals surface area contributed by atoms with E-state index in [1.807, 2.05) is 24.1 Å². The fourth-order valence-corrected chi connectivity index (χ4v) is 1.98. The minimum Gasteiger partial charge on any atom is -0.393 e. The van der Waals surface area contributed by atoms with Crippen molar-refractivity contribution in [2.45, 2.75) is 38.2 Å². The average molecular weight is 194 g/mol. The van der Waals surface area contributed by atoms with Crippen molar-refractivity contribution in [2.75, 3.05) is 0 Å². The summed E-state index contributed by atoms with van der Waals surface area (Å²) >= 11 is 0. The molecule has 3 heteroatoms. The Morgan fingerprint density at radius 1 is 1.64 bits per heavy atom. The molecule has 0 amide bonds. The number of hydrogen-bond donors (Lipinski definition) is 1. The minimum atomic E-state index is -0.0936. The molecule has 1 heterocycles. The molecule has 0 aliphatic heterocycles. The van der Waals surface area contributed by atoms with Gasteiger partial charge in [-0.05, 0) is 37.2 Å². The van der Waals surface area contributed by atoms with Gasteiger partial charge in [0.25, 0.3) is 0 Å². The van der Waals surface area contributed by atoms with Crippen LogP contribution < -0.4 is 0 Å². The van der Waals surface area contributed by atoms with Crippen LogP contribution in [0.3, 0.4) is 0 Å². The Morgan fingerprint density at radius 2 is 2.43 bits per heavy atom. The molecule has 14 heavy (non-hydrogen) atoms. The third-order valence-corrected chi connectivity index (χ3v) is 3.18. The number of aryl methyl sites for hydroxylation is 2. The predicted molar refractivity (Wildman–Crippen MR) is 54.9 cm³/mol. The number of aromatic nitrogens is 2. The van der Waals surface area contributed by atoms with Gasteiger partial charge >= 0.3 is 0 Å². The summed E-state index contributed by atoms with van der Waals surface area (Å²) in [6.07, 6.45) is 9.38. The number of nitrogens with zero attached hydrogens (tertiary/aromatic N) is 2. The maximum Gasteiger partial charge on any atom is 0.0571 e. The van der Waals surface area contributed by atoms with Gasteiger partial charge in [-0.1, -0.05) is 6.42 Å². The Bertz CT molecular complexity index is 291. The smallest absolute Gasteiger partial charge is 0.0571 e. The van der Waals surface area contributed by atoms with Crippen LogP contribution >= 0.6 is 0 Å². The van der Waals surface area contributed by atoms with Crippen LogP contribution in [0.5, 0.6) is 0 Å². The topological polar surface area (TPSA) is 38.0 Å². The molecule has 1 aliphatic carbocycles. The summed E-state index contributed by atoms with van der Waals surface area (Å²) < 4.78 is 1.81. The van der Waals surface area contributed by atoms with E-state index in [1.54, 1.807) is 0 Å². The van der Waals surface area contributed by atoms with Gasteiger partial charge in [0.1, 0.15) is 0 Å². The Kier molecular flexibility index (Phi) is 2.87. The molecule has 1 unspecified atom stereocenters. The molecule has 2 rings (SSSR count). The molecular formula is C11H18N2O. The fraction of sp³-hybridized carbons (Fsp3) is 0.727. The van der Waals surface area contributed by atoms with Crippen LogP contribution in [0.15, 0.2) is 12.4 Å². The highest BCUT2D eigenvalue weighted by Gasteiger charge is 2.24. The van der Waals surface area contributed by atoms with Gasteiger partial charge in [-0.3, -0.25) is 4.68 Å². The highest BCUT2D eigenvalue weighted by Crippen LogP contribution is 2.31. The van der Waals surface area contributed by atoms with Crippen molar-refractivity contribution in [3.8, 4) is 0 Å². The van der Waals surface area contributed by atoms with Crippen LogP contribution in [0.2, 0.25) is 0 Å². The van der Waals surface area contributed by atoms with E-state index in [-0.39, 0.29) is 6.10 Å². The van der Waals surface area contributed by atoms with Crippen molar-refractivity contribution in [3.63, 3.8) is 0 Å². The summed E-state index contributed by atoms with van der Waals surface area (Å²) in [5, 5.41) is 13.9. The van der Waals surface area contributed by atoms with Gasteiger partial charge in [-0.15, -0.1) is 0 Å². The molecular weight excluding hydrogens is 176 g/mol. The quantitative estimate of drug-likeness (QED) is 0.789. The van der Waals surface area contributed by atoms with Gasteiger partial charge in [0.15, 0.2) is 0 Å². The first kappa shape index (κ1) is 9.71. The lowest BCUT2D eigenvalue weighted by Crippen LogP contribution is -2.26. The molecule has 1 saturated carbocycles. The largest absolute Gasteiger partial charge is 0.393 e. The molecule has 78 valence electrons. The number of aliphatic hydroxyl groups excluding tert-OH is 1. The van der Waals surface area contributed by atoms with E-state index >= 15 is 0 Å². The van der Waals surface area contributed by atoms with E-state index in [0.717, 1.165) is 12.8 Å². The minimum absolute atomic E-state index is 0.0936. The maximum absolute atomic E-state index is 9.81. The summed E-state index contributed by atoms with van der Waals surface area (Å²) in [4.78, 5) is 0. The molecule has 1 aromatic heterocycles. The Morgan fingerprint density at radius 3 is 2.93 bits per heavy atom. The second-order valence-electron chi connectivity index (χ2n) is 4.32. The second kappa shape index (κ2) is 4.13. The fourth-order valence-electron chi connectivity index (χ4n) is 1.98. The molecule has 1 aromatic rings. The molecule has 0 bridgehead atoms. The molecule has 3 nitrogen and oxygen atoms in total. The Balaban J connectivity index is 1.76. The molecule has 0 radical (unpaired) electrons. The van der Waals surface area contributed by atoms with Gasteiger partial charge in [-0.25, -0.2) is 0 Å². The molecule has 1 N–H and O–H groups in total. The monoisotopic (exact) mass is 194 g/mol. The second-order valence-corrected chi connectivity index (χ2v) is 4.32. The van der Waals surface area contributed by atoms with E-state index in [4.69, 9.17) is 0 Å². The Hall–Kier alpha value is -0.830. The van der Waals surface area contributed by atoms with Crippen LogP contribution in [0.4, 0.5) is 0 Å². The Labute approximate surface area is 84.7 Å². The number of hydrogen-bond acceptors (Lipinski definition) is 2. The molecule has 1 aliphatic rings. The number of rotatable bonds is 4. The first-order valence-electron chi connectivity index (χ1n) is 5.41. The van der Waals surface area contributed by atoms with E-state index in [9.17, 15) is 5.11 Å². The van der Waals surface area contributed by atoms with Crippen molar-refractivity contribution in [1.29, 1.82) is 0 Å². The normalized spacial score (nSPS) is 19.3. The van der Waals surface area contributed by atoms with Gasteiger partial charge in [0.2, 0.25) is 0 Å². The van der Waals surface area contributed by atoms with Crippen molar-refractivity contribution >= 4 is 0 Å². The van der Waals surface area contributed by atoms with Crippen LogP contribution in [-0.4, -0.2) is 21.0 Å². The standard InChI is InChI=1S/C11H18N2O/c1-13-8-9(7-12-13)5-6-11(14)10-3-2-4-10/h7-8,10-11,14H,2-6H2,1H3. The maximum atomic E-state index is 9.81. The SMILES string of the molecule is Cn1cc(CCC(O)C2CCC2)cn1. The van der Waals surface area contributed by atoms with Crippen molar-refractivity contribution < 1.29 is 5.11 Å². The third kappa shape index (κ3) is 2.15. The zero-order valence-electron chi connectivity index (χ0n) is 8.69. The van der Waals surface area contributed by atoms with E-state index in [2.05, 4.69) is 5.10 Å². The summed E-state index contributed by atoms with van der Waals surface area (Å²) in [7, 11) is 1.92. The zero-order valence-corrected chi connectivity index (χ0v) is 8.69. The van der Waals surface area contributed by atoms with Crippen molar-refractivity contribution in [2.24, 2.45) is 13.0 Å². The molecule has 0 spiro atoms. The average Bonchev–Trinajstić information content (AvgIpc) is 2.45. The van der Waals surface area contributed by atoms with E-state index in [0.29, 0.717) is 5.92 Å². The molecule has 0 saturated heterocycles. The van der Waals surface area contributed by atoms with Crippen LogP contribution in [0.1, 0.15) is 31.2 Å². The predicted octanol–water partition coefficient (Wildman–Crippen LogP) is 1.51. The van der Waals surface area contributed by atoms with Crippen LogP contribution in [0, 0.1) is 5.92 Å². The molecule has 0 aromatic carbocycles. The van der Waals surface area contributed by atoms with E-state index in [1.165, 1.54) is 24.8 Å². The van der Waals surface area contributed by atoms with Crippen molar-refractivity contribution in [1.82, 2.24) is 9.78 Å². The highest BCUT2D eigenvalue weighted by atomic mass is 16.3. The lowest BCUT2D eigenvalue weighted by molar-refractivity contribution is 0.0560. The highest BCUT2D eigenvalue weighted by molar-refractivity contribution is 5.03. The van der Waals surface area contributed by atoms with E-state index < -0.39 is 0 Å². The summed E-state index contributed by atoms with van der Waals surface area (Å²) in [6, 6.07) is 0. The lowest BCUT2D eigenvalue weighted by Gasteiger charge is -2.30.